The quantitative estimate of drug-likeness (QED) is 0.825. The summed E-state index contributed by atoms with van der Waals surface area (Å²) in [5.74, 6) is 1.01. The Balaban J connectivity index is 1.67. The van der Waals surface area contributed by atoms with Crippen molar-refractivity contribution in [2.24, 2.45) is 5.92 Å². The Hall–Kier alpha value is -1.69. The van der Waals surface area contributed by atoms with Crippen molar-refractivity contribution < 1.29 is 9.53 Å². The fraction of sp³-hybridized carbons (Fsp3) is 0.688. The number of hydrogen-bond acceptors (Lipinski definition) is 5. The first-order chi connectivity index (χ1) is 10.6. The van der Waals surface area contributed by atoms with Crippen LogP contribution in [-0.4, -0.2) is 59.2 Å². The van der Waals surface area contributed by atoms with E-state index in [9.17, 15) is 4.79 Å². The van der Waals surface area contributed by atoms with Gasteiger partial charge in [0, 0.05) is 32.0 Å². The molecule has 2 fully saturated rings. The van der Waals surface area contributed by atoms with E-state index >= 15 is 0 Å². The number of carbonyl (C=O) groups is 1. The molecular formula is C16H24N4O2. The number of aromatic nitrogens is 2. The highest BCUT2D eigenvalue weighted by Crippen LogP contribution is 2.24. The van der Waals surface area contributed by atoms with Crippen molar-refractivity contribution in [2.45, 2.75) is 38.8 Å². The molecule has 0 aromatic carbocycles. The number of amides is 1. The van der Waals surface area contributed by atoms with Crippen molar-refractivity contribution in [1.82, 2.24) is 14.9 Å². The molecule has 1 aromatic heterocycles. The largest absolute Gasteiger partial charge is 0.375 e. The molecule has 0 saturated carbocycles. The third kappa shape index (κ3) is 3.21. The van der Waals surface area contributed by atoms with Crippen molar-refractivity contribution in [1.29, 1.82) is 0 Å². The maximum Gasteiger partial charge on any atom is 0.227 e. The minimum absolute atomic E-state index is 0.0327. The first-order valence-corrected chi connectivity index (χ1v) is 8.09. The molecule has 0 spiro atoms. The monoisotopic (exact) mass is 304 g/mol. The van der Waals surface area contributed by atoms with E-state index in [-0.39, 0.29) is 24.0 Å². The van der Waals surface area contributed by atoms with Gasteiger partial charge in [-0.25, -0.2) is 9.97 Å². The number of ether oxygens (including phenoxy) is 1. The lowest BCUT2D eigenvalue weighted by Crippen LogP contribution is -2.54. The maximum atomic E-state index is 12.9. The van der Waals surface area contributed by atoms with Gasteiger partial charge in [-0.3, -0.25) is 4.79 Å². The van der Waals surface area contributed by atoms with E-state index in [0.29, 0.717) is 19.7 Å². The Bertz CT molecular complexity index is 510. The second-order valence-electron chi connectivity index (χ2n) is 6.32. The standard InChI is InChI=1S/C16H24N4O2/c1-12-11-22-13(2)9-20(12)15(21)14-5-3-8-19(10-14)16-17-6-4-7-18-16/h4,6-7,12-14H,3,5,8-11H2,1-2H3/t12-,13-,14-/m1/s1. The molecule has 0 unspecified atom stereocenters. The first-order valence-electron chi connectivity index (χ1n) is 8.09. The predicted octanol–water partition coefficient (Wildman–Crippen LogP) is 1.33. The van der Waals surface area contributed by atoms with Crippen LogP contribution in [-0.2, 0) is 9.53 Å². The van der Waals surface area contributed by atoms with Crippen LogP contribution >= 0.6 is 0 Å². The summed E-state index contributed by atoms with van der Waals surface area (Å²) >= 11 is 0. The third-order valence-electron chi connectivity index (χ3n) is 4.50. The van der Waals surface area contributed by atoms with Crippen molar-refractivity contribution in [2.75, 3.05) is 31.1 Å². The normalized spacial score (nSPS) is 29.5. The van der Waals surface area contributed by atoms with E-state index in [4.69, 9.17) is 4.74 Å². The van der Waals surface area contributed by atoms with Crippen LogP contribution in [0.3, 0.4) is 0 Å². The highest BCUT2D eigenvalue weighted by atomic mass is 16.5. The van der Waals surface area contributed by atoms with Crippen molar-refractivity contribution in [3.05, 3.63) is 18.5 Å². The summed E-state index contributed by atoms with van der Waals surface area (Å²) in [4.78, 5) is 25.6. The zero-order valence-electron chi connectivity index (χ0n) is 13.3. The predicted molar refractivity (Wildman–Crippen MR) is 83.6 cm³/mol. The van der Waals surface area contributed by atoms with Crippen LogP contribution in [0.1, 0.15) is 26.7 Å². The Morgan fingerprint density at radius 1 is 1.27 bits per heavy atom. The lowest BCUT2D eigenvalue weighted by atomic mass is 9.95. The molecule has 2 aliphatic rings. The van der Waals surface area contributed by atoms with E-state index in [1.165, 1.54) is 0 Å². The average molecular weight is 304 g/mol. The Morgan fingerprint density at radius 2 is 2.05 bits per heavy atom. The second kappa shape index (κ2) is 6.60. The average Bonchev–Trinajstić information content (AvgIpc) is 2.57. The van der Waals surface area contributed by atoms with Gasteiger partial charge in [-0.15, -0.1) is 0 Å². The third-order valence-corrected chi connectivity index (χ3v) is 4.50. The fourth-order valence-electron chi connectivity index (χ4n) is 3.26. The molecule has 2 aliphatic heterocycles. The number of morpholine rings is 1. The lowest BCUT2D eigenvalue weighted by Gasteiger charge is -2.41. The number of carbonyl (C=O) groups excluding carboxylic acids is 1. The summed E-state index contributed by atoms with van der Waals surface area (Å²) in [6.45, 7) is 7.04. The minimum Gasteiger partial charge on any atom is -0.375 e. The summed E-state index contributed by atoms with van der Waals surface area (Å²) in [6.07, 6.45) is 5.57. The number of hydrogen-bond donors (Lipinski definition) is 0. The summed E-state index contributed by atoms with van der Waals surface area (Å²) in [5.41, 5.74) is 0. The molecule has 6 nitrogen and oxygen atoms in total. The number of rotatable bonds is 2. The van der Waals surface area contributed by atoms with E-state index in [2.05, 4.69) is 21.8 Å². The zero-order valence-corrected chi connectivity index (χ0v) is 13.3. The molecule has 0 aliphatic carbocycles. The van der Waals surface area contributed by atoms with Gasteiger partial charge in [0.2, 0.25) is 11.9 Å². The summed E-state index contributed by atoms with van der Waals surface area (Å²) in [7, 11) is 0. The molecule has 2 saturated heterocycles. The first kappa shape index (κ1) is 15.2. The zero-order chi connectivity index (χ0) is 15.5. The van der Waals surface area contributed by atoms with Gasteiger partial charge in [0.25, 0.3) is 0 Å². The van der Waals surface area contributed by atoms with Gasteiger partial charge in [0.15, 0.2) is 0 Å². The Labute approximate surface area is 131 Å². The van der Waals surface area contributed by atoms with Crippen molar-refractivity contribution in [3.8, 4) is 0 Å². The molecule has 0 radical (unpaired) electrons. The van der Waals surface area contributed by atoms with E-state index in [1.807, 2.05) is 17.9 Å². The summed E-state index contributed by atoms with van der Waals surface area (Å²) < 4.78 is 5.62. The molecular weight excluding hydrogens is 280 g/mol. The number of piperidine rings is 1. The van der Waals surface area contributed by atoms with Gasteiger partial charge in [-0.05, 0) is 32.8 Å². The molecule has 22 heavy (non-hydrogen) atoms. The van der Waals surface area contributed by atoms with Crippen LogP contribution in [0.2, 0.25) is 0 Å². The van der Waals surface area contributed by atoms with E-state index in [1.54, 1.807) is 12.4 Å². The van der Waals surface area contributed by atoms with Gasteiger partial charge in [-0.2, -0.15) is 0 Å². The van der Waals surface area contributed by atoms with Crippen LogP contribution in [0.4, 0.5) is 5.95 Å². The van der Waals surface area contributed by atoms with Crippen molar-refractivity contribution >= 4 is 11.9 Å². The number of anilines is 1. The fourth-order valence-corrected chi connectivity index (χ4v) is 3.26. The maximum absolute atomic E-state index is 12.9. The summed E-state index contributed by atoms with van der Waals surface area (Å²) in [6, 6.07) is 1.97. The smallest absolute Gasteiger partial charge is 0.227 e. The molecule has 0 bridgehead atoms. The van der Waals surface area contributed by atoms with Gasteiger partial charge < -0.3 is 14.5 Å². The molecule has 1 amide bonds. The molecule has 3 atom stereocenters. The van der Waals surface area contributed by atoms with Crippen LogP contribution in [0, 0.1) is 5.92 Å². The molecule has 0 N–H and O–H groups in total. The van der Waals surface area contributed by atoms with E-state index < -0.39 is 0 Å². The van der Waals surface area contributed by atoms with Crippen LogP contribution < -0.4 is 4.90 Å². The second-order valence-corrected chi connectivity index (χ2v) is 6.32. The van der Waals surface area contributed by atoms with Gasteiger partial charge in [0.1, 0.15) is 0 Å². The van der Waals surface area contributed by atoms with Gasteiger partial charge in [0.05, 0.1) is 24.7 Å². The van der Waals surface area contributed by atoms with Gasteiger partial charge in [-0.1, -0.05) is 0 Å². The van der Waals surface area contributed by atoms with Crippen LogP contribution in [0.25, 0.3) is 0 Å². The highest BCUT2D eigenvalue weighted by molar-refractivity contribution is 5.80. The molecule has 1 aromatic rings. The number of nitrogens with zero attached hydrogens (tertiary/aromatic N) is 4. The molecule has 6 heteroatoms. The van der Waals surface area contributed by atoms with Crippen molar-refractivity contribution in [3.63, 3.8) is 0 Å². The topological polar surface area (TPSA) is 58.6 Å². The summed E-state index contributed by atoms with van der Waals surface area (Å²) in [5, 5.41) is 0. The lowest BCUT2D eigenvalue weighted by molar-refractivity contribution is -0.147. The molecule has 3 heterocycles. The van der Waals surface area contributed by atoms with Crippen LogP contribution in [0.5, 0.6) is 0 Å². The van der Waals surface area contributed by atoms with E-state index in [0.717, 1.165) is 25.3 Å². The minimum atomic E-state index is 0.0327. The SMILES string of the molecule is C[C@@H]1CN(C(=O)[C@@H]2CCCN(c3ncccn3)C2)[C@H](C)CO1. The Morgan fingerprint density at radius 3 is 2.82 bits per heavy atom. The van der Waals surface area contributed by atoms with Crippen LogP contribution in [0.15, 0.2) is 18.5 Å². The molecule has 120 valence electrons. The Kier molecular flexibility index (Phi) is 4.57. The highest BCUT2D eigenvalue weighted by Gasteiger charge is 2.34. The van der Waals surface area contributed by atoms with Gasteiger partial charge >= 0.3 is 0 Å². The molecule has 3 rings (SSSR count).